The van der Waals surface area contributed by atoms with E-state index in [1.54, 1.807) is 13.2 Å². The van der Waals surface area contributed by atoms with Crippen LogP contribution >= 0.6 is 0 Å². The predicted molar refractivity (Wildman–Crippen MR) is 110 cm³/mol. The molecule has 2 aromatic heterocycles. The van der Waals surface area contributed by atoms with Crippen LogP contribution in [0, 0.1) is 11.8 Å². The van der Waals surface area contributed by atoms with Gasteiger partial charge in [0.15, 0.2) is 11.6 Å². The molecule has 2 aromatic rings. The van der Waals surface area contributed by atoms with E-state index in [1.807, 2.05) is 34.8 Å². The number of nitrogens with one attached hydrogen (secondary N) is 1. The van der Waals surface area contributed by atoms with E-state index in [1.165, 1.54) is 0 Å². The Balaban J connectivity index is 1.42. The van der Waals surface area contributed by atoms with Gasteiger partial charge in [0.25, 0.3) is 0 Å². The number of aromatic nitrogens is 4. The van der Waals surface area contributed by atoms with E-state index in [0.29, 0.717) is 18.9 Å². The molecule has 5 heterocycles. The second-order valence-electron chi connectivity index (χ2n) is 8.62. The first kappa shape index (κ1) is 19.0. The first-order chi connectivity index (χ1) is 14.6. The Morgan fingerprint density at radius 3 is 2.73 bits per heavy atom. The molecule has 5 rings (SSSR count). The highest BCUT2D eigenvalue weighted by Crippen LogP contribution is 2.42. The molecule has 30 heavy (non-hydrogen) atoms. The van der Waals surface area contributed by atoms with Crippen molar-refractivity contribution in [2.45, 2.75) is 37.8 Å². The summed E-state index contributed by atoms with van der Waals surface area (Å²) in [4.78, 5) is 34.0. The average Bonchev–Trinajstić information content (AvgIpc) is 3.20. The lowest BCUT2D eigenvalue weighted by Gasteiger charge is -2.55. The second-order valence-corrected chi connectivity index (χ2v) is 8.62. The van der Waals surface area contributed by atoms with Gasteiger partial charge in [-0.2, -0.15) is 0 Å². The van der Waals surface area contributed by atoms with Crippen LogP contribution in [0.15, 0.2) is 24.5 Å². The molecular formula is C21H27N7O2. The minimum Gasteiger partial charge on any atom is -0.357 e. The van der Waals surface area contributed by atoms with Crippen LogP contribution in [-0.2, 0) is 16.6 Å². The Kier molecular flexibility index (Phi) is 4.67. The molecule has 9 heteroatoms. The van der Waals surface area contributed by atoms with Crippen LogP contribution in [-0.4, -0.2) is 68.7 Å². The summed E-state index contributed by atoms with van der Waals surface area (Å²) in [7, 11) is 3.58. The number of amides is 2. The van der Waals surface area contributed by atoms with E-state index in [2.05, 4.69) is 25.4 Å². The highest BCUT2D eigenvalue weighted by Gasteiger charge is 2.51. The van der Waals surface area contributed by atoms with Crippen molar-refractivity contribution in [3.8, 4) is 11.5 Å². The van der Waals surface area contributed by atoms with Gasteiger partial charge in [0.2, 0.25) is 11.8 Å². The number of hydrogen-bond acceptors (Lipinski definition) is 6. The molecule has 3 aliphatic rings. The van der Waals surface area contributed by atoms with Crippen LogP contribution in [0.1, 0.15) is 25.7 Å². The fourth-order valence-electron chi connectivity index (χ4n) is 5.55. The minimum atomic E-state index is -0.397. The van der Waals surface area contributed by atoms with Crippen LogP contribution in [0.4, 0.5) is 5.82 Å². The number of carbonyl (C=O) groups is 2. The maximum Gasteiger partial charge on any atom is 0.242 e. The van der Waals surface area contributed by atoms with Gasteiger partial charge in [-0.25, -0.2) is 4.98 Å². The molecule has 0 radical (unpaired) electrons. The summed E-state index contributed by atoms with van der Waals surface area (Å²) in [6.07, 6.45) is 7.02. The van der Waals surface area contributed by atoms with Gasteiger partial charge in [-0.15, -0.1) is 10.2 Å². The van der Waals surface area contributed by atoms with Crippen LogP contribution < -0.4 is 10.2 Å². The molecule has 158 valence electrons. The average molecular weight is 409 g/mol. The third kappa shape index (κ3) is 3.03. The molecule has 3 fully saturated rings. The maximum atomic E-state index is 12.8. The molecule has 0 aromatic carbocycles. The topological polar surface area (TPSA) is 96.2 Å². The standard InChI is InChI=1S/C21H27N7O2/c1-22-21(30)19-14-10-13(16-4-3-5-18(29)28(16)19)11-27(12-14)17-7-6-15(24-25-17)20-23-8-9-26(20)2/h6-9,13-14,16,19H,3-5,10-12H2,1-2H3,(H,22,30)/t13-,14+,16+,19-/m1/s1. The molecule has 9 nitrogen and oxygen atoms in total. The van der Waals surface area contributed by atoms with Gasteiger partial charge in [-0.1, -0.05) is 0 Å². The Morgan fingerprint density at radius 2 is 2.03 bits per heavy atom. The van der Waals surface area contributed by atoms with Gasteiger partial charge in [-0.05, 0) is 37.3 Å². The van der Waals surface area contributed by atoms with Crippen molar-refractivity contribution in [1.82, 2.24) is 30.0 Å². The molecule has 3 aliphatic heterocycles. The molecule has 1 N–H and O–H groups in total. The molecule has 2 amide bonds. The summed E-state index contributed by atoms with van der Waals surface area (Å²) in [6.45, 7) is 1.53. The summed E-state index contributed by atoms with van der Waals surface area (Å²) in [5, 5.41) is 11.7. The van der Waals surface area contributed by atoms with Crippen molar-refractivity contribution in [3.63, 3.8) is 0 Å². The number of likely N-dealkylation sites (N-methyl/N-ethyl adjacent to an activating group) is 1. The monoisotopic (exact) mass is 409 g/mol. The fraction of sp³-hybridized carbons (Fsp3) is 0.571. The Morgan fingerprint density at radius 1 is 1.20 bits per heavy atom. The number of rotatable bonds is 3. The van der Waals surface area contributed by atoms with Gasteiger partial charge < -0.3 is 19.7 Å². The van der Waals surface area contributed by atoms with Gasteiger partial charge in [-0.3, -0.25) is 9.59 Å². The van der Waals surface area contributed by atoms with E-state index in [9.17, 15) is 9.59 Å². The van der Waals surface area contributed by atoms with Gasteiger partial charge in [0.1, 0.15) is 11.7 Å². The van der Waals surface area contributed by atoms with Crippen molar-refractivity contribution in [2.75, 3.05) is 25.0 Å². The lowest BCUT2D eigenvalue weighted by molar-refractivity contribution is -0.156. The lowest BCUT2D eigenvalue weighted by atomic mass is 9.71. The minimum absolute atomic E-state index is 0.0586. The van der Waals surface area contributed by atoms with Gasteiger partial charge >= 0.3 is 0 Å². The molecule has 3 saturated heterocycles. The molecule has 0 spiro atoms. The summed E-state index contributed by atoms with van der Waals surface area (Å²) >= 11 is 0. The van der Waals surface area contributed by atoms with Crippen LogP contribution in [0.2, 0.25) is 0 Å². The lowest BCUT2D eigenvalue weighted by Crippen LogP contribution is -2.68. The molecular weight excluding hydrogens is 382 g/mol. The smallest absolute Gasteiger partial charge is 0.242 e. The van der Waals surface area contributed by atoms with E-state index < -0.39 is 6.04 Å². The Labute approximate surface area is 175 Å². The number of anilines is 1. The number of aryl methyl sites for hydroxylation is 1. The zero-order valence-corrected chi connectivity index (χ0v) is 17.4. The zero-order valence-electron chi connectivity index (χ0n) is 17.4. The first-order valence-electron chi connectivity index (χ1n) is 10.7. The van der Waals surface area contributed by atoms with E-state index in [-0.39, 0.29) is 23.8 Å². The number of hydrogen-bond donors (Lipinski definition) is 1. The third-order valence-corrected chi connectivity index (χ3v) is 6.88. The van der Waals surface area contributed by atoms with E-state index in [0.717, 1.165) is 43.1 Å². The van der Waals surface area contributed by atoms with Gasteiger partial charge in [0.05, 0.1) is 0 Å². The number of imidazole rings is 1. The number of carbonyl (C=O) groups excluding carboxylic acids is 2. The Hall–Kier alpha value is -2.97. The van der Waals surface area contributed by atoms with E-state index in [4.69, 9.17) is 0 Å². The van der Waals surface area contributed by atoms with Crippen molar-refractivity contribution < 1.29 is 9.59 Å². The van der Waals surface area contributed by atoms with Crippen molar-refractivity contribution in [3.05, 3.63) is 24.5 Å². The zero-order chi connectivity index (χ0) is 20.8. The summed E-state index contributed by atoms with van der Waals surface area (Å²) < 4.78 is 1.91. The summed E-state index contributed by atoms with van der Waals surface area (Å²) in [5.74, 6) is 2.11. The predicted octanol–water partition coefficient (Wildman–Crippen LogP) is 0.829. The number of piperidine rings is 3. The van der Waals surface area contributed by atoms with Crippen LogP contribution in [0.5, 0.6) is 0 Å². The SMILES string of the molecule is CNC(=O)[C@H]1[C@H]2C[C@H](CN(c3ccc(-c4nccn4C)nn3)C2)[C@@H]2CCCC(=O)N21. The highest BCUT2D eigenvalue weighted by molar-refractivity contribution is 5.89. The largest absolute Gasteiger partial charge is 0.357 e. The van der Waals surface area contributed by atoms with Crippen molar-refractivity contribution >= 4 is 17.6 Å². The van der Waals surface area contributed by atoms with E-state index >= 15 is 0 Å². The molecule has 0 aliphatic carbocycles. The van der Waals surface area contributed by atoms with Crippen molar-refractivity contribution in [2.24, 2.45) is 18.9 Å². The molecule has 0 saturated carbocycles. The first-order valence-corrected chi connectivity index (χ1v) is 10.7. The summed E-state index contributed by atoms with van der Waals surface area (Å²) in [5.41, 5.74) is 0.732. The normalized spacial score (nSPS) is 28.3. The molecule has 2 bridgehead atoms. The molecule has 0 unspecified atom stereocenters. The third-order valence-electron chi connectivity index (χ3n) is 6.88. The quantitative estimate of drug-likeness (QED) is 0.807. The summed E-state index contributed by atoms with van der Waals surface area (Å²) in [6, 6.07) is 3.66. The Bertz CT molecular complexity index is 957. The van der Waals surface area contributed by atoms with Crippen LogP contribution in [0.3, 0.4) is 0 Å². The second kappa shape index (κ2) is 7.37. The number of fused-ring (bicyclic) bond motifs is 4. The maximum absolute atomic E-state index is 12.8. The van der Waals surface area contributed by atoms with Crippen LogP contribution in [0.25, 0.3) is 11.5 Å². The van der Waals surface area contributed by atoms with Crippen molar-refractivity contribution in [1.29, 1.82) is 0 Å². The molecule has 4 atom stereocenters. The number of nitrogens with zero attached hydrogens (tertiary/aromatic N) is 6. The fourth-order valence-corrected chi connectivity index (χ4v) is 5.55. The van der Waals surface area contributed by atoms with Gasteiger partial charge in [0, 0.05) is 58.0 Å². The highest BCUT2D eigenvalue weighted by atomic mass is 16.2.